The fourth-order valence-electron chi connectivity index (χ4n) is 8.19. The minimum atomic E-state index is -0.699. The van der Waals surface area contributed by atoms with Gasteiger partial charge in [0, 0.05) is 5.69 Å². The Morgan fingerprint density at radius 2 is 1.06 bits per heavy atom. The van der Waals surface area contributed by atoms with Gasteiger partial charge in [0.1, 0.15) is 0 Å². The SMILES string of the molecule is CCCc1cc(CCC)cc(-c2cccc(N3c4ccccc4C4(c5cc(C#N)ccc5-c5ccc(C#N)cc54)c4ccccc43)c2)c1. The number of rotatable bonds is 6. The summed E-state index contributed by atoms with van der Waals surface area (Å²) in [5.74, 6) is 0. The van der Waals surface area contributed by atoms with Crippen LogP contribution in [-0.2, 0) is 18.3 Å². The van der Waals surface area contributed by atoms with Crippen molar-refractivity contribution < 1.29 is 0 Å². The van der Waals surface area contributed by atoms with Crippen molar-refractivity contribution >= 4 is 17.1 Å². The average Bonchev–Trinajstić information content (AvgIpc) is 3.41. The van der Waals surface area contributed by atoms with Gasteiger partial charge in [-0.05, 0) is 117 Å². The standard InChI is InChI=1S/C45H35N3/c1-3-10-30-22-31(11-4-2)24-35(23-30)34-12-9-13-36(27-34)48-43-16-7-5-14-39(43)45(40-15-6-8-17-44(40)48)41-25-32(28-46)18-20-37(41)38-21-19-33(29-47)26-42(38)45/h5-9,12-27H,3-4,10-11H2,1-2H3. The van der Waals surface area contributed by atoms with Crippen LogP contribution >= 0.6 is 0 Å². The molecular weight excluding hydrogens is 583 g/mol. The molecule has 6 aromatic carbocycles. The molecular formula is C45H35N3. The third-order valence-electron chi connectivity index (χ3n) is 10.1. The van der Waals surface area contributed by atoms with Gasteiger partial charge in [0.25, 0.3) is 0 Å². The molecule has 0 amide bonds. The van der Waals surface area contributed by atoms with Crippen LogP contribution in [0.15, 0.2) is 127 Å². The third kappa shape index (κ3) is 4.40. The molecule has 0 saturated heterocycles. The van der Waals surface area contributed by atoms with E-state index in [1.807, 2.05) is 12.1 Å². The summed E-state index contributed by atoms with van der Waals surface area (Å²) in [6.07, 6.45) is 4.39. The summed E-state index contributed by atoms with van der Waals surface area (Å²) in [7, 11) is 0. The van der Waals surface area contributed by atoms with Gasteiger partial charge in [-0.25, -0.2) is 0 Å². The number of nitrogens with zero attached hydrogens (tertiary/aromatic N) is 3. The Morgan fingerprint density at radius 1 is 0.521 bits per heavy atom. The second kappa shape index (κ2) is 11.7. The molecule has 0 fully saturated rings. The fourth-order valence-corrected chi connectivity index (χ4v) is 8.19. The highest BCUT2D eigenvalue weighted by molar-refractivity contribution is 5.96. The molecule has 1 heterocycles. The van der Waals surface area contributed by atoms with Gasteiger partial charge in [-0.2, -0.15) is 10.5 Å². The summed E-state index contributed by atoms with van der Waals surface area (Å²) < 4.78 is 0. The number of anilines is 3. The molecule has 0 bridgehead atoms. The molecule has 0 unspecified atom stereocenters. The predicted molar refractivity (Wildman–Crippen MR) is 195 cm³/mol. The number of benzene rings is 6. The highest BCUT2D eigenvalue weighted by atomic mass is 15.2. The van der Waals surface area contributed by atoms with Crippen LogP contribution in [0.5, 0.6) is 0 Å². The minimum Gasteiger partial charge on any atom is -0.310 e. The van der Waals surface area contributed by atoms with E-state index in [1.165, 1.54) is 22.3 Å². The molecule has 230 valence electrons. The van der Waals surface area contributed by atoms with Gasteiger partial charge in [-0.3, -0.25) is 0 Å². The number of hydrogen-bond acceptors (Lipinski definition) is 3. The van der Waals surface area contributed by atoms with Crippen LogP contribution in [0.25, 0.3) is 22.3 Å². The first kappa shape index (κ1) is 29.5. The van der Waals surface area contributed by atoms with E-state index in [9.17, 15) is 10.5 Å². The molecule has 2 aliphatic rings. The first-order valence-electron chi connectivity index (χ1n) is 16.9. The second-order valence-corrected chi connectivity index (χ2v) is 13.0. The normalized spacial score (nSPS) is 13.2. The molecule has 0 radical (unpaired) electrons. The monoisotopic (exact) mass is 617 g/mol. The number of fused-ring (bicyclic) bond motifs is 9. The van der Waals surface area contributed by atoms with Gasteiger partial charge >= 0.3 is 0 Å². The maximum Gasteiger partial charge on any atom is 0.0991 e. The summed E-state index contributed by atoms with van der Waals surface area (Å²) in [5, 5.41) is 20.1. The molecule has 0 aromatic heterocycles. The summed E-state index contributed by atoms with van der Waals surface area (Å²) >= 11 is 0. The molecule has 0 saturated carbocycles. The van der Waals surface area contributed by atoms with Crippen molar-refractivity contribution in [3.05, 3.63) is 172 Å². The summed E-state index contributed by atoms with van der Waals surface area (Å²) in [6, 6.07) is 50.2. The van der Waals surface area contributed by atoms with E-state index in [0.717, 1.165) is 76.1 Å². The largest absolute Gasteiger partial charge is 0.310 e. The van der Waals surface area contributed by atoms with Crippen molar-refractivity contribution in [2.75, 3.05) is 4.90 Å². The zero-order valence-corrected chi connectivity index (χ0v) is 27.3. The van der Waals surface area contributed by atoms with Crippen molar-refractivity contribution in [1.82, 2.24) is 0 Å². The molecule has 1 spiro atoms. The van der Waals surface area contributed by atoms with E-state index in [2.05, 4.69) is 146 Å². The average molecular weight is 618 g/mol. The number of hydrogen-bond donors (Lipinski definition) is 0. The van der Waals surface area contributed by atoms with Crippen LogP contribution in [-0.4, -0.2) is 0 Å². The summed E-state index contributed by atoms with van der Waals surface area (Å²) in [6.45, 7) is 4.49. The molecule has 6 aromatic rings. The van der Waals surface area contributed by atoms with Crippen LogP contribution in [0.3, 0.4) is 0 Å². The Morgan fingerprint density at radius 3 is 1.58 bits per heavy atom. The van der Waals surface area contributed by atoms with E-state index in [1.54, 1.807) is 0 Å². The number of aryl methyl sites for hydroxylation is 2. The van der Waals surface area contributed by atoms with Crippen LogP contribution in [0, 0.1) is 22.7 Å². The van der Waals surface area contributed by atoms with E-state index in [-0.39, 0.29) is 0 Å². The van der Waals surface area contributed by atoms with Gasteiger partial charge < -0.3 is 4.90 Å². The molecule has 8 rings (SSSR count). The highest BCUT2D eigenvalue weighted by Crippen LogP contribution is 2.63. The van der Waals surface area contributed by atoms with Crippen LogP contribution in [0.1, 0.15) is 71.2 Å². The highest BCUT2D eigenvalue weighted by Gasteiger charge is 2.51. The first-order chi connectivity index (χ1) is 23.6. The Balaban J connectivity index is 1.39. The topological polar surface area (TPSA) is 50.8 Å². The van der Waals surface area contributed by atoms with Gasteiger partial charge in [0.15, 0.2) is 0 Å². The lowest BCUT2D eigenvalue weighted by Gasteiger charge is -2.45. The molecule has 1 aliphatic heterocycles. The Hall–Kier alpha value is -5.90. The predicted octanol–water partition coefficient (Wildman–Crippen LogP) is 11.1. The summed E-state index contributed by atoms with van der Waals surface area (Å²) in [5.41, 5.74) is 15.7. The van der Waals surface area contributed by atoms with E-state index < -0.39 is 5.41 Å². The number of para-hydroxylation sites is 2. The zero-order valence-electron chi connectivity index (χ0n) is 27.3. The van der Waals surface area contributed by atoms with Gasteiger partial charge in [0.05, 0.1) is 40.1 Å². The second-order valence-electron chi connectivity index (χ2n) is 13.0. The molecule has 3 heteroatoms. The lowest BCUT2D eigenvalue weighted by atomic mass is 9.64. The van der Waals surface area contributed by atoms with Crippen LogP contribution in [0.4, 0.5) is 17.1 Å². The fraction of sp³-hybridized carbons (Fsp3) is 0.156. The van der Waals surface area contributed by atoms with Gasteiger partial charge in [0.2, 0.25) is 0 Å². The molecule has 3 nitrogen and oxygen atoms in total. The van der Waals surface area contributed by atoms with E-state index >= 15 is 0 Å². The van der Waals surface area contributed by atoms with Crippen molar-refractivity contribution in [2.45, 2.75) is 44.9 Å². The van der Waals surface area contributed by atoms with Crippen molar-refractivity contribution in [3.63, 3.8) is 0 Å². The third-order valence-corrected chi connectivity index (χ3v) is 10.1. The van der Waals surface area contributed by atoms with Gasteiger partial charge in [-0.15, -0.1) is 0 Å². The van der Waals surface area contributed by atoms with Crippen LogP contribution < -0.4 is 4.90 Å². The molecule has 1 aliphatic carbocycles. The van der Waals surface area contributed by atoms with Crippen molar-refractivity contribution in [3.8, 4) is 34.4 Å². The smallest absolute Gasteiger partial charge is 0.0991 e. The molecule has 48 heavy (non-hydrogen) atoms. The maximum absolute atomic E-state index is 10.0. The quantitative estimate of drug-likeness (QED) is 0.186. The van der Waals surface area contributed by atoms with Gasteiger partial charge in [-0.1, -0.05) is 106 Å². The first-order valence-corrected chi connectivity index (χ1v) is 16.9. The Kier molecular flexibility index (Phi) is 7.20. The van der Waals surface area contributed by atoms with Crippen molar-refractivity contribution in [1.29, 1.82) is 10.5 Å². The lowest BCUT2D eigenvalue weighted by molar-refractivity contribution is 0.752. The van der Waals surface area contributed by atoms with Crippen LogP contribution in [0.2, 0.25) is 0 Å². The van der Waals surface area contributed by atoms with Crippen molar-refractivity contribution in [2.24, 2.45) is 0 Å². The maximum atomic E-state index is 10.0. The Labute approximate surface area is 283 Å². The minimum absolute atomic E-state index is 0.624. The molecule has 0 N–H and O–H groups in total. The number of nitriles is 2. The lowest BCUT2D eigenvalue weighted by Crippen LogP contribution is -2.36. The Bertz CT molecular complexity index is 2180. The summed E-state index contributed by atoms with van der Waals surface area (Å²) in [4.78, 5) is 2.39. The van der Waals surface area contributed by atoms with E-state index in [4.69, 9.17) is 0 Å². The molecule has 0 atom stereocenters. The zero-order chi connectivity index (χ0) is 32.8. The van der Waals surface area contributed by atoms with E-state index in [0.29, 0.717) is 11.1 Å².